The molecule has 3 heteroatoms. The lowest BCUT2D eigenvalue weighted by Crippen LogP contribution is -1.89. The number of nitrogens with zero attached hydrogens (tertiary/aromatic N) is 1. The second-order valence-corrected chi connectivity index (χ2v) is 5.58. The molecule has 0 aliphatic rings. The number of aromatic hydroxyl groups is 1. The van der Waals surface area contributed by atoms with Gasteiger partial charge in [0.15, 0.2) is 5.76 Å². The average molecular weight is 293 g/mol. The smallest absolute Gasteiger partial charge is 0.178 e. The van der Waals surface area contributed by atoms with Gasteiger partial charge in [-0.2, -0.15) is 0 Å². The van der Waals surface area contributed by atoms with Gasteiger partial charge in [0, 0.05) is 5.56 Å². The predicted octanol–water partition coefficient (Wildman–Crippen LogP) is 4.89. The Morgan fingerprint density at radius 3 is 2.45 bits per heavy atom. The van der Waals surface area contributed by atoms with Crippen molar-refractivity contribution in [3.8, 4) is 28.2 Å². The molecule has 3 aromatic rings. The largest absolute Gasteiger partial charge is 0.507 e. The number of rotatable bonds is 3. The van der Waals surface area contributed by atoms with Crippen molar-refractivity contribution in [2.75, 3.05) is 0 Å². The van der Waals surface area contributed by atoms with Crippen molar-refractivity contribution in [2.45, 2.75) is 27.2 Å². The summed E-state index contributed by atoms with van der Waals surface area (Å²) in [7, 11) is 0. The normalized spacial score (nSPS) is 10.9. The van der Waals surface area contributed by atoms with E-state index in [9.17, 15) is 5.11 Å². The Balaban J connectivity index is 2.15. The summed E-state index contributed by atoms with van der Waals surface area (Å²) >= 11 is 0. The zero-order valence-corrected chi connectivity index (χ0v) is 13.1. The molecule has 1 aromatic heterocycles. The van der Waals surface area contributed by atoms with Crippen molar-refractivity contribution >= 4 is 0 Å². The molecule has 2 aromatic carbocycles. The fourth-order valence-electron chi connectivity index (χ4n) is 2.67. The van der Waals surface area contributed by atoms with Crippen LogP contribution in [0.2, 0.25) is 0 Å². The van der Waals surface area contributed by atoms with Crippen molar-refractivity contribution in [3.05, 3.63) is 59.3 Å². The lowest BCUT2D eigenvalue weighted by Gasteiger charge is -2.09. The van der Waals surface area contributed by atoms with Crippen LogP contribution in [0.3, 0.4) is 0 Å². The second-order valence-electron chi connectivity index (χ2n) is 5.58. The van der Waals surface area contributed by atoms with Crippen molar-refractivity contribution in [3.63, 3.8) is 0 Å². The van der Waals surface area contributed by atoms with E-state index in [1.54, 1.807) is 12.3 Å². The van der Waals surface area contributed by atoms with Gasteiger partial charge in [0.05, 0.1) is 11.8 Å². The van der Waals surface area contributed by atoms with Crippen LogP contribution in [-0.2, 0) is 6.42 Å². The summed E-state index contributed by atoms with van der Waals surface area (Å²) in [5, 5.41) is 14.2. The van der Waals surface area contributed by atoms with Gasteiger partial charge in [0.1, 0.15) is 5.75 Å². The third-order valence-electron chi connectivity index (χ3n) is 4.01. The van der Waals surface area contributed by atoms with Gasteiger partial charge in [-0.15, -0.1) is 0 Å². The van der Waals surface area contributed by atoms with Crippen LogP contribution in [0.4, 0.5) is 0 Å². The minimum atomic E-state index is 0.222. The molecule has 3 rings (SSSR count). The van der Waals surface area contributed by atoms with E-state index in [-0.39, 0.29) is 5.75 Å². The first-order chi connectivity index (χ1) is 10.6. The molecule has 0 amide bonds. The molecule has 0 saturated heterocycles. The molecule has 0 unspecified atom stereocenters. The molecule has 112 valence electrons. The van der Waals surface area contributed by atoms with Crippen molar-refractivity contribution in [2.24, 2.45) is 0 Å². The molecule has 0 saturated carbocycles. The number of aryl methyl sites for hydroxylation is 3. The first-order valence-corrected chi connectivity index (χ1v) is 7.44. The van der Waals surface area contributed by atoms with E-state index in [1.807, 2.05) is 25.1 Å². The van der Waals surface area contributed by atoms with Crippen molar-refractivity contribution < 1.29 is 9.63 Å². The van der Waals surface area contributed by atoms with E-state index in [1.165, 1.54) is 11.1 Å². The monoisotopic (exact) mass is 293 g/mol. The van der Waals surface area contributed by atoms with Crippen LogP contribution in [0.25, 0.3) is 22.5 Å². The summed E-state index contributed by atoms with van der Waals surface area (Å²) in [6.45, 7) is 6.16. The van der Waals surface area contributed by atoms with Crippen LogP contribution in [0.15, 0.2) is 47.1 Å². The van der Waals surface area contributed by atoms with Gasteiger partial charge in [-0.1, -0.05) is 41.9 Å². The first-order valence-electron chi connectivity index (χ1n) is 7.44. The number of aromatic nitrogens is 1. The molecular weight excluding hydrogens is 274 g/mol. The molecular formula is C19H19NO2. The molecule has 0 aliphatic carbocycles. The third-order valence-corrected chi connectivity index (χ3v) is 4.01. The molecule has 0 aliphatic heterocycles. The maximum atomic E-state index is 10.3. The van der Waals surface area contributed by atoms with Crippen molar-refractivity contribution in [1.82, 2.24) is 5.16 Å². The van der Waals surface area contributed by atoms with Gasteiger partial charge >= 0.3 is 0 Å². The van der Waals surface area contributed by atoms with E-state index >= 15 is 0 Å². The molecule has 3 nitrogen and oxygen atoms in total. The predicted molar refractivity (Wildman–Crippen MR) is 87.9 cm³/mol. The second kappa shape index (κ2) is 5.68. The summed E-state index contributed by atoms with van der Waals surface area (Å²) in [5.74, 6) is 0.830. The quantitative estimate of drug-likeness (QED) is 0.747. The van der Waals surface area contributed by atoms with Gasteiger partial charge in [-0.05, 0) is 49.1 Å². The first kappa shape index (κ1) is 14.4. The number of hydrogen-bond acceptors (Lipinski definition) is 3. The van der Waals surface area contributed by atoms with E-state index in [0.717, 1.165) is 23.1 Å². The van der Waals surface area contributed by atoms with Gasteiger partial charge < -0.3 is 9.63 Å². The standard InChI is InChI=1S/C19H19NO2/c1-4-14-10-16(18(21)9-13(14)3)19-17(11-20-22-19)15-7-5-12(2)6-8-15/h5-11,21H,4H2,1-3H3. The molecule has 0 bridgehead atoms. The summed E-state index contributed by atoms with van der Waals surface area (Å²) in [6, 6.07) is 12.0. The molecule has 22 heavy (non-hydrogen) atoms. The van der Waals surface area contributed by atoms with Gasteiger partial charge in [-0.3, -0.25) is 0 Å². The van der Waals surface area contributed by atoms with Gasteiger partial charge in [-0.25, -0.2) is 0 Å². The lowest BCUT2D eigenvalue weighted by atomic mass is 9.97. The minimum Gasteiger partial charge on any atom is -0.507 e. The van der Waals surface area contributed by atoms with E-state index in [0.29, 0.717) is 11.3 Å². The molecule has 1 heterocycles. The summed E-state index contributed by atoms with van der Waals surface area (Å²) in [6.07, 6.45) is 2.61. The number of phenols is 1. The van der Waals surface area contributed by atoms with E-state index in [2.05, 4.69) is 31.1 Å². The van der Waals surface area contributed by atoms with Crippen LogP contribution in [0, 0.1) is 13.8 Å². The lowest BCUT2D eigenvalue weighted by molar-refractivity contribution is 0.426. The highest BCUT2D eigenvalue weighted by Gasteiger charge is 2.17. The average Bonchev–Trinajstić information content (AvgIpc) is 2.97. The van der Waals surface area contributed by atoms with Gasteiger partial charge in [0.2, 0.25) is 0 Å². The highest BCUT2D eigenvalue weighted by molar-refractivity contribution is 5.82. The van der Waals surface area contributed by atoms with Crippen LogP contribution < -0.4 is 0 Å². The Kier molecular flexibility index (Phi) is 3.72. The van der Waals surface area contributed by atoms with Crippen LogP contribution >= 0.6 is 0 Å². The third kappa shape index (κ3) is 2.50. The van der Waals surface area contributed by atoms with Crippen LogP contribution in [-0.4, -0.2) is 10.3 Å². The fourth-order valence-corrected chi connectivity index (χ4v) is 2.67. The van der Waals surface area contributed by atoms with Crippen LogP contribution in [0.1, 0.15) is 23.6 Å². The number of hydrogen-bond donors (Lipinski definition) is 1. The Hall–Kier alpha value is -2.55. The highest BCUT2D eigenvalue weighted by Crippen LogP contribution is 2.38. The fraction of sp³-hybridized carbons (Fsp3) is 0.211. The van der Waals surface area contributed by atoms with Crippen molar-refractivity contribution in [1.29, 1.82) is 0 Å². The minimum absolute atomic E-state index is 0.222. The SMILES string of the molecule is CCc1cc(-c2oncc2-c2ccc(C)cc2)c(O)cc1C. The Morgan fingerprint density at radius 2 is 1.77 bits per heavy atom. The molecule has 0 radical (unpaired) electrons. The highest BCUT2D eigenvalue weighted by atomic mass is 16.5. The zero-order valence-electron chi connectivity index (χ0n) is 13.1. The number of benzene rings is 2. The summed E-state index contributed by atoms with van der Waals surface area (Å²) in [5.41, 5.74) is 6.09. The topological polar surface area (TPSA) is 46.3 Å². The van der Waals surface area contributed by atoms with Gasteiger partial charge in [0.25, 0.3) is 0 Å². The summed E-state index contributed by atoms with van der Waals surface area (Å²) < 4.78 is 5.45. The summed E-state index contributed by atoms with van der Waals surface area (Å²) in [4.78, 5) is 0. The van der Waals surface area contributed by atoms with E-state index in [4.69, 9.17) is 4.52 Å². The Morgan fingerprint density at radius 1 is 1.05 bits per heavy atom. The maximum Gasteiger partial charge on any atom is 0.178 e. The Labute approximate surface area is 130 Å². The number of phenolic OH excluding ortho intramolecular Hbond substituents is 1. The molecule has 0 spiro atoms. The molecule has 0 atom stereocenters. The Bertz CT molecular complexity index is 801. The van der Waals surface area contributed by atoms with E-state index < -0.39 is 0 Å². The maximum absolute atomic E-state index is 10.3. The molecule has 1 N–H and O–H groups in total. The van der Waals surface area contributed by atoms with Crippen LogP contribution in [0.5, 0.6) is 5.75 Å². The molecule has 0 fully saturated rings. The zero-order chi connectivity index (χ0) is 15.7.